The average Bonchev–Trinajstić information content (AvgIpc) is 2.93. The fourth-order valence-corrected chi connectivity index (χ4v) is 7.27. The maximum absolute atomic E-state index is 12.2. The fraction of sp³-hybridized carbons (Fsp3) is 0.783. The van der Waals surface area contributed by atoms with E-state index in [1.807, 2.05) is 6.92 Å². The van der Waals surface area contributed by atoms with Crippen LogP contribution in [0.25, 0.3) is 0 Å². The van der Waals surface area contributed by atoms with Gasteiger partial charge in [0, 0.05) is 12.3 Å². The van der Waals surface area contributed by atoms with Crippen LogP contribution in [-0.2, 0) is 9.53 Å². The molecule has 0 aromatic rings. The minimum absolute atomic E-state index is 0.260. The number of carbonyl (C=O) groups excluding carboxylic acids is 1. The van der Waals surface area contributed by atoms with Crippen LogP contribution in [0.1, 0.15) is 72.6 Å². The van der Waals surface area contributed by atoms with E-state index in [1.165, 1.54) is 43.4 Å². The number of carbonyl (C=O) groups is 1. The Bertz CT molecular complexity index is 630. The highest BCUT2D eigenvalue weighted by molar-refractivity contribution is 5.79. The zero-order chi connectivity index (χ0) is 17.8. The van der Waals surface area contributed by atoms with Crippen LogP contribution in [0.5, 0.6) is 0 Å². The van der Waals surface area contributed by atoms with E-state index in [4.69, 9.17) is 4.74 Å². The van der Waals surface area contributed by atoms with E-state index in [2.05, 4.69) is 32.9 Å². The van der Waals surface area contributed by atoms with Crippen molar-refractivity contribution < 1.29 is 9.53 Å². The normalized spacial score (nSPS) is 45.6. The summed E-state index contributed by atoms with van der Waals surface area (Å²) in [5, 5.41) is 0. The standard InChI is InChI=1S/C23H34O2/c1-5-25-17-10-12-22(3)16(14-17)6-7-18-20-9-8-19(15(2)24)23(20,4)13-11-21(18)22/h6,14,18-21H,5,7-13H2,1-4H3/t18-,19+,20-,21-,22-,23+/m0/s1. The first-order valence-electron chi connectivity index (χ1n) is 10.4. The Morgan fingerprint density at radius 2 is 2.00 bits per heavy atom. The number of hydrogen-bond donors (Lipinski definition) is 0. The number of rotatable bonds is 3. The summed E-state index contributed by atoms with van der Waals surface area (Å²) in [6, 6.07) is 0. The second kappa shape index (κ2) is 5.99. The summed E-state index contributed by atoms with van der Waals surface area (Å²) in [6.45, 7) is 9.62. The fourth-order valence-electron chi connectivity index (χ4n) is 7.27. The molecule has 0 bridgehead atoms. The van der Waals surface area contributed by atoms with Gasteiger partial charge in [0.25, 0.3) is 0 Å². The zero-order valence-electron chi connectivity index (χ0n) is 16.4. The molecule has 0 spiro atoms. The molecule has 0 N–H and O–H groups in total. The largest absolute Gasteiger partial charge is 0.498 e. The Morgan fingerprint density at radius 3 is 2.72 bits per heavy atom. The molecule has 4 rings (SSSR count). The third-order valence-electron chi connectivity index (χ3n) is 8.55. The van der Waals surface area contributed by atoms with Gasteiger partial charge in [-0.2, -0.15) is 0 Å². The zero-order valence-corrected chi connectivity index (χ0v) is 16.4. The number of fused-ring (bicyclic) bond motifs is 5. The number of allylic oxidation sites excluding steroid dienone is 4. The molecule has 0 radical (unpaired) electrons. The van der Waals surface area contributed by atoms with Gasteiger partial charge in [0.05, 0.1) is 12.4 Å². The highest BCUT2D eigenvalue weighted by Crippen LogP contribution is 2.66. The maximum atomic E-state index is 12.2. The predicted molar refractivity (Wildman–Crippen MR) is 101 cm³/mol. The van der Waals surface area contributed by atoms with Gasteiger partial charge in [-0.25, -0.2) is 0 Å². The van der Waals surface area contributed by atoms with E-state index < -0.39 is 0 Å². The first kappa shape index (κ1) is 17.4. The van der Waals surface area contributed by atoms with Crippen molar-refractivity contribution >= 4 is 5.78 Å². The minimum Gasteiger partial charge on any atom is -0.498 e. The summed E-state index contributed by atoms with van der Waals surface area (Å²) >= 11 is 0. The predicted octanol–water partition coefficient (Wildman–Crippen LogP) is 5.68. The van der Waals surface area contributed by atoms with E-state index in [0.717, 1.165) is 37.2 Å². The van der Waals surface area contributed by atoms with E-state index in [1.54, 1.807) is 0 Å². The van der Waals surface area contributed by atoms with E-state index in [9.17, 15) is 4.79 Å². The maximum Gasteiger partial charge on any atom is 0.133 e. The quantitative estimate of drug-likeness (QED) is 0.659. The van der Waals surface area contributed by atoms with Gasteiger partial charge in [-0.05, 0) is 92.6 Å². The second-order valence-corrected chi connectivity index (χ2v) is 9.52. The lowest BCUT2D eigenvalue weighted by molar-refractivity contribution is -0.127. The molecule has 0 unspecified atom stereocenters. The van der Waals surface area contributed by atoms with Crippen LogP contribution in [0.3, 0.4) is 0 Å². The minimum atomic E-state index is 0.260. The third-order valence-corrected chi connectivity index (χ3v) is 8.55. The molecule has 2 saturated carbocycles. The smallest absolute Gasteiger partial charge is 0.133 e. The first-order chi connectivity index (χ1) is 11.9. The Balaban J connectivity index is 1.65. The molecule has 0 amide bonds. The summed E-state index contributed by atoms with van der Waals surface area (Å²) in [4.78, 5) is 12.2. The van der Waals surface area contributed by atoms with Gasteiger partial charge in [0.2, 0.25) is 0 Å². The highest BCUT2D eigenvalue weighted by Gasteiger charge is 2.58. The molecule has 0 heterocycles. The molecule has 0 aromatic carbocycles. The summed E-state index contributed by atoms with van der Waals surface area (Å²) in [6.07, 6.45) is 13.3. The summed E-state index contributed by atoms with van der Waals surface area (Å²) in [5.74, 6) is 4.24. The van der Waals surface area contributed by atoms with E-state index in [0.29, 0.717) is 17.1 Å². The van der Waals surface area contributed by atoms with Crippen LogP contribution in [0, 0.1) is 34.5 Å². The van der Waals surface area contributed by atoms with Crippen molar-refractivity contribution in [3.63, 3.8) is 0 Å². The van der Waals surface area contributed by atoms with Crippen molar-refractivity contribution in [2.24, 2.45) is 34.5 Å². The van der Waals surface area contributed by atoms with Crippen LogP contribution in [-0.4, -0.2) is 12.4 Å². The van der Waals surface area contributed by atoms with Crippen molar-refractivity contribution in [3.05, 3.63) is 23.5 Å². The topological polar surface area (TPSA) is 26.3 Å². The molecule has 2 nitrogen and oxygen atoms in total. The Hall–Kier alpha value is -1.05. The van der Waals surface area contributed by atoms with Crippen LogP contribution in [0.2, 0.25) is 0 Å². The molecule has 4 aliphatic rings. The third kappa shape index (κ3) is 2.46. The van der Waals surface area contributed by atoms with Gasteiger partial charge in [0.1, 0.15) is 5.78 Å². The second-order valence-electron chi connectivity index (χ2n) is 9.52. The van der Waals surface area contributed by atoms with Crippen LogP contribution >= 0.6 is 0 Å². The summed E-state index contributed by atoms with van der Waals surface area (Å²) in [7, 11) is 0. The molecule has 25 heavy (non-hydrogen) atoms. The molecular weight excluding hydrogens is 308 g/mol. The number of Topliss-reactive ketones (excluding diaryl/α,β-unsaturated/α-hetero) is 1. The van der Waals surface area contributed by atoms with Crippen molar-refractivity contribution in [2.45, 2.75) is 72.6 Å². The first-order valence-corrected chi connectivity index (χ1v) is 10.4. The van der Waals surface area contributed by atoms with Gasteiger partial charge in [-0.3, -0.25) is 4.79 Å². The molecule has 6 atom stereocenters. The molecule has 138 valence electrons. The van der Waals surface area contributed by atoms with Gasteiger partial charge >= 0.3 is 0 Å². The monoisotopic (exact) mass is 342 g/mol. The molecular formula is C23H34O2. The van der Waals surface area contributed by atoms with Crippen LogP contribution in [0.15, 0.2) is 23.5 Å². The Kier molecular flexibility index (Phi) is 4.16. The number of ketones is 1. The van der Waals surface area contributed by atoms with E-state index in [-0.39, 0.29) is 5.41 Å². The Morgan fingerprint density at radius 1 is 1.20 bits per heavy atom. The van der Waals surface area contributed by atoms with Crippen molar-refractivity contribution in [1.82, 2.24) is 0 Å². The summed E-state index contributed by atoms with van der Waals surface area (Å²) < 4.78 is 5.82. The van der Waals surface area contributed by atoms with Crippen LogP contribution < -0.4 is 0 Å². The van der Waals surface area contributed by atoms with Gasteiger partial charge in [0.15, 0.2) is 0 Å². The lowest BCUT2D eigenvalue weighted by Gasteiger charge is -2.56. The van der Waals surface area contributed by atoms with E-state index >= 15 is 0 Å². The molecule has 0 aliphatic heterocycles. The Labute approximate surface area is 153 Å². The van der Waals surface area contributed by atoms with Crippen LogP contribution in [0.4, 0.5) is 0 Å². The van der Waals surface area contributed by atoms with Crippen molar-refractivity contribution in [3.8, 4) is 0 Å². The molecule has 0 saturated heterocycles. The number of hydrogen-bond acceptors (Lipinski definition) is 2. The number of ether oxygens (including phenoxy) is 1. The highest BCUT2D eigenvalue weighted by atomic mass is 16.5. The molecule has 2 heteroatoms. The van der Waals surface area contributed by atoms with Gasteiger partial charge in [-0.15, -0.1) is 0 Å². The molecule has 4 aliphatic carbocycles. The van der Waals surface area contributed by atoms with Crippen molar-refractivity contribution in [2.75, 3.05) is 6.61 Å². The lowest BCUT2D eigenvalue weighted by Crippen LogP contribution is -2.49. The average molecular weight is 343 g/mol. The van der Waals surface area contributed by atoms with Gasteiger partial charge in [-0.1, -0.05) is 19.9 Å². The lowest BCUT2D eigenvalue weighted by atomic mass is 9.48. The SMILES string of the molecule is CCOC1=CC2=CC[C@H]3[C@@H]4CC[C@H](C(C)=O)[C@@]4(C)CC[C@@H]3[C@@]2(C)CC1. The molecule has 2 fully saturated rings. The summed E-state index contributed by atoms with van der Waals surface area (Å²) in [5.41, 5.74) is 2.11. The van der Waals surface area contributed by atoms with Gasteiger partial charge < -0.3 is 4.74 Å². The van der Waals surface area contributed by atoms with Crippen molar-refractivity contribution in [1.29, 1.82) is 0 Å². The molecule has 0 aromatic heterocycles.